The number of halogens is 2. The van der Waals surface area contributed by atoms with Gasteiger partial charge in [-0.05, 0) is 52.4 Å². The molecule has 2 rings (SSSR count). The van der Waals surface area contributed by atoms with Crippen LogP contribution in [-0.4, -0.2) is 32.3 Å². The molecule has 0 radical (unpaired) electrons. The van der Waals surface area contributed by atoms with Gasteiger partial charge in [0.15, 0.2) is 0 Å². The van der Waals surface area contributed by atoms with Gasteiger partial charge in [0, 0.05) is 28.2 Å². The molecule has 116 valence electrons. The van der Waals surface area contributed by atoms with E-state index in [-0.39, 0.29) is 10.8 Å². The van der Waals surface area contributed by atoms with Crippen molar-refractivity contribution in [3.63, 3.8) is 0 Å². The first-order chi connectivity index (χ1) is 9.70. The van der Waals surface area contributed by atoms with Gasteiger partial charge >= 0.3 is 0 Å². The van der Waals surface area contributed by atoms with Gasteiger partial charge < -0.3 is 4.90 Å². The number of benzene rings is 1. The van der Waals surface area contributed by atoms with Crippen molar-refractivity contribution in [3.8, 4) is 0 Å². The third kappa shape index (κ3) is 3.79. The molecule has 0 bridgehead atoms. The van der Waals surface area contributed by atoms with Crippen molar-refractivity contribution in [2.24, 2.45) is 11.8 Å². The van der Waals surface area contributed by atoms with Crippen LogP contribution in [0.3, 0.4) is 0 Å². The lowest BCUT2D eigenvalue weighted by molar-refractivity contribution is 0.0626. The van der Waals surface area contributed by atoms with E-state index in [2.05, 4.69) is 29.8 Å². The van der Waals surface area contributed by atoms with Crippen LogP contribution in [0, 0.1) is 11.8 Å². The van der Waals surface area contributed by atoms with Gasteiger partial charge in [0.25, 0.3) is 15.0 Å². The third-order valence-electron chi connectivity index (χ3n) is 4.07. The molecule has 2 unspecified atom stereocenters. The quantitative estimate of drug-likeness (QED) is 0.721. The molecule has 1 fully saturated rings. The van der Waals surface area contributed by atoms with Crippen molar-refractivity contribution < 1.29 is 13.2 Å². The number of hydrogen-bond acceptors (Lipinski definition) is 3. The van der Waals surface area contributed by atoms with E-state index in [1.807, 2.05) is 0 Å². The van der Waals surface area contributed by atoms with Crippen LogP contribution in [0.1, 0.15) is 30.6 Å². The zero-order valence-electron chi connectivity index (χ0n) is 11.8. The first-order valence-corrected chi connectivity index (χ1v) is 9.84. The van der Waals surface area contributed by atoms with Crippen LogP contribution in [0.25, 0.3) is 0 Å². The van der Waals surface area contributed by atoms with E-state index in [4.69, 9.17) is 10.7 Å². The molecule has 1 aromatic rings. The van der Waals surface area contributed by atoms with E-state index >= 15 is 0 Å². The van der Waals surface area contributed by atoms with Crippen LogP contribution in [0.5, 0.6) is 0 Å². The highest BCUT2D eigenvalue weighted by Crippen LogP contribution is 2.28. The molecule has 0 aliphatic carbocycles. The Labute approximate surface area is 138 Å². The highest BCUT2D eigenvalue weighted by Gasteiger charge is 2.28. The number of amides is 1. The van der Waals surface area contributed by atoms with Gasteiger partial charge in [0.05, 0.1) is 10.5 Å². The van der Waals surface area contributed by atoms with E-state index in [0.717, 1.165) is 6.42 Å². The fraction of sp³-hybridized carbons (Fsp3) is 0.500. The lowest BCUT2D eigenvalue weighted by Gasteiger charge is -2.35. The molecular weight excluding hydrogens is 378 g/mol. The van der Waals surface area contributed by atoms with Crippen LogP contribution in [0.15, 0.2) is 27.6 Å². The summed E-state index contributed by atoms with van der Waals surface area (Å²) in [4.78, 5) is 14.3. The van der Waals surface area contributed by atoms with Gasteiger partial charge in [0.1, 0.15) is 0 Å². The predicted octanol–water partition coefficient (Wildman–Crippen LogP) is 3.49. The Morgan fingerprint density at radius 1 is 1.33 bits per heavy atom. The Kier molecular flexibility index (Phi) is 5.00. The Hall–Kier alpha value is -0.590. The number of hydrogen-bond donors (Lipinski definition) is 0. The van der Waals surface area contributed by atoms with Gasteiger partial charge in [-0.2, -0.15) is 0 Å². The van der Waals surface area contributed by atoms with E-state index in [1.54, 1.807) is 11.0 Å². The summed E-state index contributed by atoms with van der Waals surface area (Å²) in [6.45, 7) is 5.68. The van der Waals surface area contributed by atoms with E-state index in [0.29, 0.717) is 35.0 Å². The Morgan fingerprint density at radius 3 is 2.57 bits per heavy atom. The topological polar surface area (TPSA) is 54.5 Å². The smallest absolute Gasteiger partial charge is 0.261 e. The molecule has 0 spiro atoms. The summed E-state index contributed by atoms with van der Waals surface area (Å²) in [5.41, 5.74) is 0.332. The number of likely N-dealkylation sites (tertiary alicyclic amines) is 1. The van der Waals surface area contributed by atoms with Gasteiger partial charge in [0.2, 0.25) is 0 Å². The Bertz CT molecular complexity index is 662. The Morgan fingerprint density at radius 2 is 2.00 bits per heavy atom. The molecule has 1 saturated heterocycles. The molecular formula is C14H17BrClNO3S. The van der Waals surface area contributed by atoms with Gasteiger partial charge in [-0.25, -0.2) is 8.42 Å². The molecule has 0 saturated carbocycles. The summed E-state index contributed by atoms with van der Waals surface area (Å²) in [7, 11) is 1.50. The van der Waals surface area contributed by atoms with Crippen molar-refractivity contribution in [2.75, 3.05) is 13.1 Å². The molecule has 1 aliphatic heterocycles. The summed E-state index contributed by atoms with van der Waals surface area (Å²) in [5.74, 6) is 0.858. The average Bonchev–Trinajstić information content (AvgIpc) is 2.40. The average molecular weight is 395 g/mol. The molecule has 21 heavy (non-hydrogen) atoms. The van der Waals surface area contributed by atoms with Crippen LogP contribution < -0.4 is 0 Å². The maximum absolute atomic E-state index is 12.6. The third-order valence-corrected chi connectivity index (χ3v) is 6.11. The molecule has 0 aromatic heterocycles. The standard InChI is InChI=1S/C14H17BrClNO3S/c1-9-5-6-17(8-10(9)2)14(18)12-7-11(21(16,19)20)3-4-13(12)15/h3-4,7,9-10H,5-6,8H2,1-2H3. The van der Waals surface area contributed by atoms with Gasteiger partial charge in [-0.15, -0.1) is 0 Å². The van der Waals surface area contributed by atoms with Crippen molar-refractivity contribution in [3.05, 3.63) is 28.2 Å². The van der Waals surface area contributed by atoms with Gasteiger partial charge in [-0.3, -0.25) is 4.79 Å². The zero-order valence-corrected chi connectivity index (χ0v) is 15.0. The summed E-state index contributed by atoms with van der Waals surface area (Å²) in [6, 6.07) is 4.25. The minimum atomic E-state index is -3.85. The molecule has 1 heterocycles. The SMILES string of the molecule is CC1CCN(C(=O)c2cc(S(=O)(=O)Cl)ccc2Br)CC1C. The second-order valence-electron chi connectivity index (χ2n) is 5.57. The van der Waals surface area contributed by atoms with Crippen molar-refractivity contribution in [1.82, 2.24) is 4.90 Å². The number of rotatable bonds is 2. The van der Waals surface area contributed by atoms with Crippen LogP contribution in [0.2, 0.25) is 0 Å². The lowest BCUT2D eigenvalue weighted by atomic mass is 9.88. The largest absolute Gasteiger partial charge is 0.338 e. The maximum atomic E-state index is 12.6. The normalized spacial score (nSPS) is 23.1. The highest BCUT2D eigenvalue weighted by atomic mass is 79.9. The first kappa shape index (κ1) is 16.8. The van der Waals surface area contributed by atoms with Crippen LogP contribution >= 0.6 is 26.6 Å². The molecule has 2 atom stereocenters. The Balaban J connectivity index is 2.31. The monoisotopic (exact) mass is 393 g/mol. The summed E-state index contributed by atoms with van der Waals surface area (Å²) in [5, 5.41) is 0. The van der Waals surface area contributed by atoms with Crippen LogP contribution in [0.4, 0.5) is 0 Å². The van der Waals surface area contributed by atoms with E-state index in [1.165, 1.54) is 12.1 Å². The fourth-order valence-electron chi connectivity index (χ4n) is 2.44. The minimum absolute atomic E-state index is 0.0610. The summed E-state index contributed by atoms with van der Waals surface area (Å²) in [6.07, 6.45) is 0.956. The number of carbonyl (C=O) groups excluding carboxylic acids is 1. The molecule has 1 amide bonds. The van der Waals surface area contributed by atoms with Crippen LogP contribution in [-0.2, 0) is 9.05 Å². The summed E-state index contributed by atoms with van der Waals surface area (Å²) >= 11 is 3.31. The minimum Gasteiger partial charge on any atom is -0.338 e. The second kappa shape index (κ2) is 6.26. The van der Waals surface area contributed by atoms with Crippen molar-refractivity contribution in [2.45, 2.75) is 25.2 Å². The van der Waals surface area contributed by atoms with Gasteiger partial charge in [-0.1, -0.05) is 13.8 Å². The summed E-state index contributed by atoms with van der Waals surface area (Å²) < 4.78 is 23.4. The maximum Gasteiger partial charge on any atom is 0.261 e. The number of piperidine rings is 1. The zero-order chi connectivity index (χ0) is 15.8. The second-order valence-corrected chi connectivity index (χ2v) is 8.99. The molecule has 4 nitrogen and oxygen atoms in total. The van der Waals surface area contributed by atoms with Crippen molar-refractivity contribution in [1.29, 1.82) is 0 Å². The molecule has 1 aromatic carbocycles. The fourth-order valence-corrected chi connectivity index (χ4v) is 3.63. The highest BCUT2D eigenvalue weighted by molar-refractivity contribution is 9.10. The molecule has 7 heteroatoms. The number of carbonyl (C=O) groups is 1. The number of nitrogens with zero attached hydrogens (tertiary/aromatic N) is 1. The van der Waals surface area contributed by atoms with E-state index in [9.17, 15) is 13.2 Å². The molecule has 1 aliphatic rings. The lowest BCUT2D eigenvalue weighted by Crippen LogP contribution is -2.42. The molecule has 0 N–H and O–H groups in total. The van der Waals surface area contributed by atoms with Crippen molar-refractivity contribution >= 4 is 41.6 Å². The first-order valence-electron chi connectivity index (χ1n) is 6.73. The predicted molar refractivity (Wildman–Crippen MR) is 86.0 cm³/mol. The van der Waals surface area contributed by atoms with E-state index < -0.39 is 9.05 Å².